The number of halogens is 7. The second-order valence-electron chi connectivity index (χ2n) is 3.69. The lowest BCUT2D eigenvalue weighted by molar-refractivity contribution is -0.343. The van der Waals surface area contributed by atoms with Gasteiger partial charge in [-0.2, -0.15) is 26.3 Å². The van der Waals surface area contributed by atoms with Crippen LogP contribution in [0, 0.1) is 11.8 Å². The Morgan fingerprint density at radius 2 is 1.50 bits per heavy atom. The fraction of sp³-hybridized carbons (Fsp3) is 0.385. The summed E-state index contributed by atoms with van der Waals surface area (Å²) in [6.07, 6.45) is -12.0. The number of benzene rings is 1. The molecule has 0 bridgehead atoms. The molecule has 22 heavy (non-hydrogen) atoms. The van der Waals surface area contributed by atoms with Gasteiger partial charge in [-0.25, -0.2) is 0 Å². The van der Waals surface area contributed by atoms with Crippen LogP contribution >= 0.6 is 11.6 Å². The zero-order valence-corrected chi connectivity index (χ0v) is 12.2. The number of aliphatic hydroxyl groups is 1. The van der Waals surface area contributed by atoms with E-state index in [0.717, 1.165) is 24.1 Å². The van der Waals surface area contributed by atoms with E-state index in [1.165, 1.54) is 0 Å². The van der Waals surface area contributed by atoms with Gasteiger partial charge in [-0.3, -0.25) is 0 Å². The third-order valence-corrected chi connectivity index (χ3v) is 2.54. The first kappa shape index (κ1) is 20.4. The van der Waals surface area contributed by atoms with E-state index in [2.05, 4.69) is 0 Å². The number of alkyl halides is 6. The number of hydrogen-bond acceptors (Lipinski definition) is 2. The van der Waals surface area contributed by atoms with Gasteiger partial charge in [-0.1, -0.05) is 31.4 Å². The van der Waals surface area contributed by atoms with E-state index < -0.39 is 18.0 Å². The van der Waals surface area contributed by atoms with Crippen LogP contribution in [0.25, 0.3) is 0 Å². The second kappa shape index (κ2) is 7.11. The molecule has 0 unspecified atom stereocenters. The molecule has 0 aliphatic rings. The predicted molar refractivity (Wildman–Crippen MR) is 71.2 cm³/mol. The highest BCUT2D eigenvalue weighted by Crippen LogP contribution is 2.42. The van der Waals surface area contributed by atoms with Crippen LogP contribution in [0.1, 0.15) is 19.4 Å². The van der Waals surface area contributed by atoms with Gasteiger partial charge in [-0.05, 0) is 24.1 Å². The molecule has 0 heterocycles. The monoisotopic (exact) mass is 347 g/mol. The lowest BCUT2D eigenvalue weighted by Gasteiger charge is -2.27. The summed E-state index contributed by atoms with van der Waals surface area (Å²) in [5.74, 6) is 2.38. The Bertz CT molecular complexity index is 557. The summed E-state index contributed by atoms with van der Waals surface area (Å²) < 4.78 is 74.0. The lowest BCUT2D eigenvalue weighted by atomic mass is 10.0. The van der Waals surface area contributed by atoms with Crippen LogP contribution in [0.3, 0.4) is 0 Å². The Morgan fingerprint density at radius 3 is 1.86 bits per heavy atom. The average Bonchev–Trinajstić information content (AvgIpc) is 2.39. The zero-order valence-electron chi connectivity index (χ0n) is 11.4. The largest absolute Gasteiger partial charge is 0.438 e. The Hall–Kier alpha value is -1.59. The molecule has 0 spiro atoms. The minimum absolute atomic E-state index is 0.0825. The van der Waals surface area contributed by atoms with Crippen molar-refractivity contribution < 1.29 is 31.4 Å². The second-order valence-corrected chi connectivity index (χ2v) is 4.10. The van der Waals surface area contributed by atoms with Gasteiger partial charge in [0.25, 0.3) is 0 Å². The molecule has 0 amide bonds. The van der Waals surface area contributed by atoms with Crippen molar-refractivity contribution in [3.8, 4) is 11.8 Å². The minimum atomic E-state index is -5.99. The molecule has 1 rings (SSSR count). The molecule has 0 atom stereocenters. The van der Waals surface area contributed by atoms with Crippen LogP contribution in [0.4, 0.5) is 32.0 Å². The van der Waals surface area contributed by atoms with Crippen LogP contribution < -0.4 is 5.73 Å². The summed E-state index contributed by atoms with van der Waals surface area (Å²) in [4.78, 5) is 0. The van der Waals surface area contributed by atoms with Gasteiger partial charge in [-0.15, -0.1) is 0 Å². The SMILES string of the molecule is CC.Nc1ccc(C#CC(O)(C(F)(F)F)C(F)(F)F)cc1Cl. The van der Waals surface area contributed by atoms with E-state index in [1.807, 2.05) is 13.8 Å². The van der Waals surface area contributed by atoms with Crippen LogP contribution in [-0.2, 0) is 0 Å². The number of hydrogen-bond donors (Lipinski definition) is 2. The van der Waals surface area contributed by atoms with Crippen molar-refractivity contribution in [1.29, 1.82) is 0 Å². The van der Waals surface area contributed by atoms with Gasteiger partial charge in [0, 0.05) is 5.56 Å². The average molecular weight is 348 g/mol. The van der Waals surface area contributed by atoms with E-state index in [-0.39, 0.29) is 16.3 Å². The Labute approximate surface area is 127 Å². The molecule has 2 nitrogen and oxygen atoms in total. The van der Waals surface area contributed by atoms with Gasteiger partial charge in [0.15, 0.2) is 0 Å². The van der Waals surface area contributed by atoms with E-state index >= 15 is 0 Å². The highest BCUT2D eigenvalue weighted by atomic mass is 35.5. The number of rotatable bonds is 0. The van der Waals surface area contributed by atoms with Gasteiger partial charge in [0.05, 0.1) is 10.7 Å². The summed E-state index contributed by atoms with van der Waals surface area (Å²) in [5, 5.41) is 8.70. The van der Waals surface area contributed by atoms with Gasteiger partial charge in [0.2, 0.25) is 0 Å². The predicted octanol–water partition coefficient (Wildman–Crippen LogP) is 4.16. The maximum Gasteiger partial charge on any atom is 0.438 e. The maximum absolute atomic E-state index is 12.3. The molecule has 0 fully saturated rings. The highest BCUT2D eigenvalue weighted by molar-refractivity contribution is 6.33. The standard InChI is InChI=1S/C11H6ClF6NO.C2H6/c12-7-5-6(1-2-8(7)19)3-4-9(20,10(13,14)15)11(16,17)18;1-2/h1-2,5,20H,19H2;1-2H3. The molecule has 0 aliphatic heterocycles. The summed E-state index contributed by atoms with van der Waals surface area (Å²) in [6.45, 7) is 4.00. The lowest BCUT2D eigenvalue weighted by Crippen LogP contribution is -2.55. The summed E-state index contributed by atoms with van der Waals surface area (Å²) in [6, 6.07) is 3.21. The maximum atomic E-state index is 12.3. The smallest absolute Gasteiger partial charge is 0.398 e. The van der Waals surface area contributed by atoms with E-state index in [1.54, 1.807) is 5.92 Å². The third-order valence-electron chi connectivity index (χ3n) is 2.21. The number of nitrogens with two attached hydrogens (primary N) is 1. The summed E-state index contributed by atoms with van der Waals surface area (Å²) in [7, 11) is 0. The quantitative estimate of drug-likeness (QED) is 0.420. The van der Waals surface area contributed by atoms with Crippen molar-refractivity contribution >= 4 is 17.3 Å². The van der Waals surface area contributed by atoms with Crippen molar-refractivity contribution in [1.82, 2.24) is 0 Å². The Balaban J connectivity index is 0.00000211. The van der Waals surface area contributed by atoms with E-state index in [9.17, 15) is 26.3 Å². The molecule has 1 aromatic rings. The van der Waals surface area contributed by atoms with Crippen molar-refractivity contribution in [3.63, 3.8) is 0 Å². The molecule has 0 saturated carbocycles. The third kappa shape index (κ3) is 4.45. The zero-order chi connectivity index (χ0) is 17.8. The molecule has 0 aliphatic carbocycles. The Morgan fingerprint density at radius 1 is 1.05 bits per heavy atom. The van der Waals surface area contributed by atoms with Crippen LogP contribution in [-0.4, -0.2) is 23.1 Å². The molecule has 3 N–H and O–H groups in total. The fourth-order valence-corrected chi connectivity index (χ4v) is 1.25. The normalized spacial score (nSPS) is 11.9. The number of nitrogen functional groups attached to an aromatic ring is 1. The molecule has 124 valence electrons. The first-order valence-corrected chi connectivity index (χ1v) is 6.20. The molecule has 0 saturated heterocycles. The molecular weight excluding hydrogens is 336 g/mol. The van der Waals surface area contributed by atoms with E-state index in [0.29, 0.717) is 0 Å². The first-order valence-electron chi connectivity index (χ1n) is 5.82. The van der Waals surface area contributed by atoms with Gasteiger partial charge in [0.1, 0.15) is 0 Å². The van der Waals surface area contributed by atoms with Crippen molar-refractivity contribution in [3.05, 3.63) is 28.8 Å². The minimum Gasteiger partial charge on any atom is -0.398 e. The highest BCUT2D eigenvalue weighted by Gasteiger charge is 2.70. The molecule has 1 aromatic carbocycles. The molecule has 0 radical (unpaired) electrons. The van der Waals surface area contributed by atoms with Crippen LogP contribution in [0.2, 0.25) is 5.02 Å². The Kier molecular flexibility index (Phi) is 6.60. The molecule has 0 aromatic heterocycles. The number of anilines is 1. The van der Waals surface area contributed by atoms with Crippen LogP contribution in [0.15, 0.2) is 18.2 Å². The van der Waals surface area contributed by atoms with Crippen LogP contribution in [0.5, 0.6) is 0 Å². The fourth-order valence-electron chi connectivity index (χ4n) is 1.07. The molecule has 9 heteroatoms. The van der Waals surface area contributed by atoms with Gasteiger partial charge >= 0.3 is 18.0 Å². The topological polar surface area (TPSA) is 46.2 Å². The first-order chi connectivity index (χ1) is 9.88. The van der Waals surface area contributed by atoms with Gasteiger partial charge < -0.3 is 10.8 Å². The van der Waals surface area contributed by atoms with Crippen molar-refractivity contribution in [2.45, 2.75) is 31.8 Å². The van der Waals surface area contributed by atoms with E-state index in [4.69, 9.17) is 22.4 Å². The summed E-state index contributed by atoms with van der Waals surface area (Å²) >= 11 is 5.54. The summed E-state index contributed by atoms with van der Waals surface area (Å²) in [5.41, 5.74) is 0.0314. The van der Waals surface area contributed by atoms with Crippen molar-refractivity contribution in [2.75, 3.05) is 5.73 Å². The van der Waals surface area contributed by atoms with Crippen molar-refractivity contribution in [2.24, 2.45) is 0 Å². The molecular formula is C13H12ClF6NO.